The summed E-state index contributed by atoms with van der Waals surface area (Å²) >= 11 is 0. The van der Waals surface area contributed by atoms with Crippen LogP contribution in [0.15, 0.2) is 47.2 Å². The van der Waals surface area contributed by atoms with Gasteiger partial charge in [-0.15, -0.1) is 0 Å². The number of alkyl halides is 3. The van der Waals surface area contributed by atoms with Crippen LogP contribution in [0.5, 0.6) is 0 Å². The number of carboxylic acid groups (broad SMARTS) is 1. The van der Waals surface area contributed by atoms with Crippen molar-refractivity contribution in [2.45, 2.75) is 19.0 Å². The molecule has 0 radical (unpaired) electrons. The predicted molar refractivity (Wildman–Crippen MR) is 122 cm³/mol. The molecule has 1 fully saturated rings. The maximum Gasteiger partial charge on any atom is 0.416 e. The molecule has 4 aromatic rings. The van der Waals surface area contributed by atoms with Crippen LogP contribution < -0.4 is 5.32 Å². The Morgan fingerprint density at radius 1 is 1.25 bits per heavy atom. The number of imidazole rings is 1. The van der Waals surface area contributed by atoms with Gasteiger partial charge in [0.25, 0.3) is 12.4 Å². The van der Waals surface area contributed by atoms with E-state index in [0.29, 0.717) is 23.0 Å². The van der Waals surface area contributed by atoms with E-state index in [-0.39, 0.29) is 23.7 Å². The Hall–Kier alpha value is -4.26. The Morgan fingerprint density at radius 3 is 2.64 bits per heavy atom. The molecule has 5 rings (SSSR count). The summed E-state index contributed by atoms with van der Waals surface area (Å²) in [6.07, 6.45) is -2.07. The van der Waals surface area contributed by atoms with Crippen molar-refractivity contribution in [3.63, 3.8) is 0 Å². The van der Waals surface area contributed by atoms with Gasteiger partial charge in [0.05, 0.1) is 17.7 Å². The van der Waals surface area contributed by atoms with Crippen molar-refractivity contribution in [3.8, 4) is 11.4 Å². The van der Waals surface area contributed by atoms with Crippen LogP contribution in [0.2, 0.25) is 0 Å². The summed E-state index contributed by atoms with van der Waals surface area (Å²) in [4.78, 5) is 31.8. The number of benzene rings is 1. The van der Waals surface area contributed by atoms with Gasteiger partial charge in [-0.1, -0.05) is 17.3 Å². The van der Waals surface area contributed by atoms with Crippen molar-refractivity contribution in [2.24, 2.45) is 0 Å². The van der Waals surface area contributed by atoms with Crippen LogP contribution in [0, 0.1) is 6.92 Å². The number of anilines is 1. The molecule has 1 amide bonds. The molecule has 4 heterocycles. The number of nitrogens with zero attached hydrogens (tertiary/aromatic N) is 5. The lowest BCUT2D eigenvalue weighted by Gasteiger charge is -2.33. The van der Waals surface area contributed by atoms with E-state index in [2.05, 4.69) is 25.3 Å². The normalized spacial score (nSPS) is 14.1. The number of hydrogen-bond acceptors (Lipinski definition) is 7. The van der Waals surface area contributed by atoms with Gasteiger partial charge in [-0.3, -0.25) is 14.0 Å². The van der Waals surface area contributed by atoms with Crippen molar-refractivity contribution in [1.29, 1.82) is 0 Å². The first-order valence-electron chi connectivity index (χ1n) is 10.7. The Labute approximate surface area is 202 Å². The quantitative estimate of drug-likeness (QED) is 0.405. The minimum Gasteiger partial charge on any atom is -0.483 e. The van der Waals surface area contributed by atoms with E-state index in [1.54, 1.807) is 6.07 Å². The van der Waals surface area contributed by atoms with Crippen LogP contribution >= 0.6 is 0 Å². The van der Waals surface area contributed by atoms with E-state index in [1.165, 1.54) is 16.8 Å². The number of likely N-dealkylation sites (N-methyl/N-ethyl adjacent to an activating group) is 1. The molecule has 2 N–H and O–H groups in total. The number of aryl methyl sites for hydroxylation is 1. The summed E-state index contributed by atoms with van der Waals surface area (Å²) in [5.41, 5.74) is 1.30. The summed E-state index contributed by atoms with van der Waals surface area (Å²) in [6.45, 7) is 3.30. The third-order valence-corrected chi connectivity index (χ3v) is 5.67. The molecule has 0 spiro atoms. The van der Waals surface area contributed by atoms with Gasteiger partial charge in [0.15, 0.2) is 0 Å². The van der Waals surface area contributed by atoms with Crippen LogP contribution in [-0.4, -0.2) is 62.0 Å². The van der Waals surface area contributed by atoms with E-state index in [0.717, 1.165) is 30.8 Å². The Kier molecular flexibility index (Phi) is 6.75. The van der Waals surface area contributed by atoms with Crippen LogP contribution in [0.1, 0.15) is 33.4 Å². The molecule has 0 aliphatic carbocycles. The number of halogens is 3. The number of pyridine rings is 1. The van der Waals surface area contributed by atoms with Crippen LogP contribution in [0.25, 0.3) is 17.0 Å². The topological polar surface area (TPSA) is 126 Å². The van der Waals surface area contributed by atoms with E-state index in [1.807, 2.05) is 26.1 Å². The second-order valence-electron chi connectivity index (χ2n) is 8.25. The highest BCUT2D eigenvalue weighted by Gasteiger charge is 2.31. The summed E-state index contributed by atoms with van der Waals surface area (Å²) in [7, 11) is 2.02. The molecule has 0 atom stereocenters. The third-order valence-electron chi connectivity index (χ3n) is 5.67. The Bertz CT molecular complexity index is 1410. The molecule has 3 aromatic heterocycles. The fraction of sp³-hybridized carbons (Fsp3) is 0.261. The SMILES string of the molecule is Cc1ccc(-c2noc(C3CN(C)C3)n2)cc1NC(=O)c1cnc2cc(C(F)(F)F)ccn12.O=CO. The lowest BCUT2D eigenvalue weighted by Crippen LogP contribution is -2.41. The standard InChI is InChI=1S/C22H19F3N6O2.CH2O2/c1-12-3-4-13(19-28-21(33-29-19)14-10-30(2)11-14)7-16(12)27-20(32)17-9-26-18-8-15(22(23,24)25)5-6-31(17)18;2-1-3/h3-9,14H,10-11H2,1-2H3,(H,27,32);1H,(H,2,3). The lowest BCUT2D eigenvalue weighted by molar-refractivity contribution is -0.137. The first kappa shape index (κ1) is 24.9. The van der Waals surface area contributed by atoms with Crippen molar-refractivity contribution >= 4 is 23.7 Å². The minimum absolute atomic E-state index is 0.0291. The molecular weight excluding hydrogens is 481 g/mol. The Morgan fingerprint density at radius 2 is 1.97 bits per heavy atom. The molecule has 1 aliphatic heterocycles. The summed E-state index contributed by atoms with van der Waals surface area (Å²) in [5.74, 6) is 0.713. The smallest absolute Gasteiger partial charge is 0.416 e. The zero-order valence-corrected chi connectivity index (χ0v) is 19.2. The summed E-state index contributed by atoms with van der Waals surface area (Å²) < 4.78 is 45.5. The third kappa shape index (κ3) is 5.05. The van der Waals surface area contributed by atoms with Gasteiger partial charge in [-0.2, -0.15) is 18.2 Å². The monoisotopic (exact) mass is 502 g/mol. The molecule has 1 aliphatic rings. The van der Waals surface area contributed by atoms with E-state index >= 15 is 0 Å². The van der Waals surface area contributed by atoms with Gasteiger partial charge < -0.3 is 19.8 Å². The molecule has 13 heteroatoms. The maximum atomic E-state index is 12.9. The number of carbonyl (C=O) groups excluding carboxylic acids is 1. The minimum atomic E-state index is -4.49. The maximum absolute atomic E-state index is 12.9. The number of aromatic nitrogens is 4. The van der Waals surface area contributed by atoms with Gasteiger partial charge >= 0.3 is 6.18 Å². The molecule has 36 heavy (non-hydrogen) atoms. The lowest BCUT2D eigenvalue weighted by atomic mass is 10.0. The van der Waals surface area contributed by atoms with Crippen molar-refractivity contribution in [3.05, 3.63) is 65.4 Å². The van der Waals surface area contributed by atoms with Gasteiger partial charge in [0.1, 0.15) is 11.3 Å². The fourth-order valence-electron chi connectivity index (χ4n) is 3.78. The summed E-state index contributed by atoms with van der Waals surface area (Å²) in [6, 6.07) is 7.20. The second kappa shape index (κ2) is 9.77. The molecule has 1 aromatic carbocycles. The van der Waals surface area contributed by atoms with Crippen molar-refractivity contribution in [1.82, 2.24) is 24.4 Å². The highest BCUT2D eigenvalue weighted by molar-refractivity contribution is 6.04. The average molecular weight is 502 g/mol. The summed E-state index contributed by atoms with van der Waals surface area (Å²) in [5, 5.41) is 13.8. The molecule has 0 bridgehead atoms. The largest absolute Gasteiger partial charge is 0.483 e. The number of hydrogen-bond donors (Lipinski definition) is 2. The van der Waals surface area contributed by atoms with E-state index in [9.17, 15) is 18.0 Å². The average Bonchev–Trinajstić information content (AvgIpc) is 3.45. The number of nitrogens with one attached hydrogen (secondary N) is 1. The first-order valence-corrected chi connectivity index (χ1v) is 10.7. The second-order valence-corrected chi connectivity index (χ2v) is 8.25. The van der Waals surface area contributed by atoms with Crippen LogP contribution in [-0.2, 0) is 11.0 Å². The number of likely N-dealkylation sites (tertiary alicyclic amines) is 1. The van der Waals surface area contributed by atoms with Crippen molar-refractivity contribution < 1.29 is 32.4 Å². The highest BCUT2D eigenvalue weighted by atomic mass is 19.4. The molecule has 1 saturated heterocycles. The van der Waals surface area contributed by atoms with Crippen LogP contribution in [0.3, 0.4) is 0 Å². The highest BCUT2D eigenvalue weighted by Crippen LogP contribution is 2.31. The molecule has 188 valence electrons. The molecule has 0 unspecified atom stereocenters. The van der Waals surface area contributed by atoms with Crippen LogP contribution in [0.4, 0.5) is 18.9 Å². The molecule has 10 nitrogen and oxygen atoms in total. The molecular formula is C23H21F3N6O4. The first-order chi connectivity index (χ1) is 17.1. The van der Waals surface area contributed by atoms with E-state index in [4.69, 9.17) is 14.4 Å². The number of carbonyl (C=O) groups is 2. The van der Waals surface area contributed by atoms with E-state index < -0.39 is 17.6 Å². The van der Waals surface area contributed by atoms with Gasteiger partial charge in [0.2, 0.25) is 11.7 Å². The van der Waals surface area contributed by atoms with Gasteiger partial charge in [-0.05, 0) is 37.7 Å². The number of amides is 1. The Balaban J connectivity index is 0.000000967. The van der Waals surface area contributed by atoms with Crippen molar-refractivity contribution in [2.75, 3.05) is 25.5 Å². The number of fused-ring (bicyclic) bond motifs is 1. The van der Waals surface area contributed by atoms with Gasteiger partial charge in [0, 0.05) is 30.5 Å². The molecule has 0 saturated carbocycles. The fourth-order valence-corrected chi connectivity index (χ4v) is 3.78. The zero-order valence-electron chi connectivity index (χ0n) is 19.2. The predicted octanol–water partition coefficient (Wildman–Crippen LogP) is 3.69. The zero-order chi connectivity index (χ0) is 26.0. The number of rotatable bonds is 4. The van der Waals surface area contributed by atoms with Gasteiger partial charge in [-0.25, -0.2) is 4.98 Å².